The number of quaternary nitrogens is 2. The minimum atomic E-state index is 0.0400. The van der Waals surface area contributed by atoms with Gasteiger partial charge in [-0.25, -0.2) is 0 Å². The Balaban J connectivity index is 1.50. The van der Waals surface area contributed by atoms with Gasteiger partial charge in [0.1, 0.15) is 19.6 Å². The van der Waals surface area contributed by atoms with Crippen molar-refractivity contribution in [1.29, 1.82) is 0 Å². The van der Waals surface area contributed by atoms with Crippen molar-refractivity contribution in [2.45, 2.75) is 19.9 Å². The summed E-state index contributed by atoms with van der Waals surface area (Å²) in [6.07, 6.45) is 1.18. The molecule has 0 atom stereocenters. The zero-order chi connectivity index (χ0) is 16.1. The maximum Gasteiger partial charge on any atom is 0.257 e. The summed E-state index contributed by atoms with van der Waals surface area (Å²) >= 11 is 0. The minimum absolute atomic E-state index is 0.0400. The van der Waals surface area contributed by atoms with Crippen LogP contribution < -0.4 is 15.8 Å². The van der Waals surface area contributed by atoms with E-state index in [0.29, 0.717) is 0 Å². The molecule has 3 rings (SSSR count). The Morgan fingerprint density at radius 3 is 2.91 bits per heavy atom. The number of morpholine rings is 1. The number of ether oxygens (including phenoxy) is 1. The summed E-state index contributed by atoms with van der Waals surface area (Å²) in [5, 5.41) is 3.35. The lowest BCUT2D eigenvalue weighted by Crippen LogP contribution is -3.14. The molecule has 1 saturated heterocycles. The first-order chi connectivity index (χ1) is 11.2. The van der Waals surface area contributed by atoms with Crippen molar-refractivity contribution in [3.05, 3.63) is 45.7 Å². The van der Waals surface area contributed by atoms with Crippen LogP contribution in [0, 0.1) is 6.92 Å². The summed E-state index contributed by atoms with van der Waals surface area (Å²) in [4.78, 5) is 16.8. The van der Waals surface area contributed by atoms with Gasteiger partial charge < -0.3 is 19.9 Å². The number of nitrogens with one attached hydrogen (secondary N) is 2. The van der Waals surface area contributed by atoms with Crippen molar-refractivity contribution in [2.24, 2.45) is 0 Å². The number of rotatable bonds is 6. The molecule has 0 saturated carbocycles. The molecule has 2 heterocycles. The maximum atomic E-state index is 12.2. The van der Waals surface area contributed by atoms with Gasteiger partial charge in [-0.1, -0.05) is 12.1 Å². The molecule has 4 N–H and O–H groups in total. The average Bonchev–Trinajstić information content (AvgIpc) is 2.56. The molecule has 0 radical (unpaired) electrons. The van der Waals surface area contributed by atoms with Gasteiger partial charge in [0, 0.05) is 11.9 Å². The fourth-order valence-electron chi connectivity index (χ4n) is 3.18. The predicted octanol–water partition coefficient (Wildman–Crippen LogP) is -0.795. The molecule has 1 aromatic heterocycles. The third-order valence-electron chi connectivity index (χ3n) is 4.58. The Kier molecular flexibility index (Phi) is 5.43. The van der Waals surface area contributed by atoms with E-state index in [1.165, 1.54) is 13.0 Å². The molecule has 2 aromatic rings. The summed E-state index contributed by atoms with van der Waals surface area (Å²) < 4.78 is 5.37. The Morgan fingerprint density at radius 2 is 2.09 bits per heavy atom. The minimum Gasteiger partial charge on any atom is -0.370 e. The SMILES string of the molecule is Cc1ccc2cc(C[NH2+]CCC[NH+]3CCOCC3)c(=O)[nH]c2c1. The highest BCUT2D eigenvalue weighted by Crippen LogP contribution is 2.12. The summed E-state index contributed by atoms with van der Waals surface area (Å²) in [5.74, 6) is 0. The molecular weight excluding hydrogens is 290 g/mol. The van der Waals surface area contributed by atoms with Crippen molar-refractivity contribution >= 4 is 10.9 Å². The van der Waals surface area contributed by atoms with Gasteiger partial charge in [0.15, 0.2) is 0 Å². The summed E-state index contributed by atoms with van der Waals surface area (Å²) in [7, 11) is 0. The Labute approximate surface area is 136 Å². The van der Waals surface area contributed by atoms with Gasteiger partial charge in [0.05, 0.1) is 31.9 Å². The smallest absolute Gasteiger partial charge is 0.257 e. The lowest BCUT2D eigenvalue weighted by atomic mass is 10.1. The Bertz CT molecular complexity index is 705. The average molecular weight is 317 g/mol. The molecule has 124 valence electrons. The van der Waals surface area contributed by atoms with E-state index in [0.717, 1.165) is 61.4 Å². The molecule has 5 heteroatoms. The number of hydrogen-bond donors (Lipinski definition) is 3. The van der Waals surface area contributed by atoms with E-state index < -0.39 is 0 Å². The van der Waals surface area contributed by atoms with Gasteiger partial charge in [-0.2, -0.15) is 0 Å². The van der Waals surface area contributed by atoms with E-state index in [2.05, 4.69) is 22.4 Å². The number of H-pyrrole nitrogens is 1. The molecule has 5 nitrogen and oxygen atoms in total. The van der Waals surface area contributed by atoms with Gasteiger partial charge in [-0.05, 0) is 30.0 Å². The quantitative estimate of drug-likeness (QED) is 0.611. The molecule has 0 amide bonds. The monoisotopic (exact) mass is 317 g/mol. The van der Waals surface area contributed by atoms with Crippen molar-refractivity contribution in [1.82, 2.24) is 4.98 Å². The number of nitrogens with two attached hydrogens (primary N) is 1. The molecule has 0 bridgehead atoms. The molecule has 23 heavy (non-hydrogen) atoms. The highest BCUT2D eigenvalue weighted by molar-refractivity contribution is 5.79. The zero-order valence-electron chi connectivity index (χ0n) is 13.9. The van der Waals surface area contributed by atoms with E-state index in [1.54, 1.807) is 4.90 Å². The third-order valence-corrected chi connectivity index (χ3v) is 4.58. The van der Waals surface area contributed by atoms with E-state index in [9.17, 15) is 4.79 Å². The normalized spacial score (nSPS) is 16.0. The number of benzene rings is 1. The zero-order valence-corrected chi connectivity index (χ0v) is 13.9. The molecule has 0 unspecified atom stereocenters. The summed E-state index contributed by atoms with van der Waals surface area (Å²) in [6, 6.07) is 8.21. The fraction of sp³-hybridized carbons (Fsp3) is 0.500. The molecule has 1 fully saturated rings. The van der Waals surface area contributed by atoms with E-state index in [1.807, 2.05) is 19.1 Å². The van der Waals surface area contributed by atoms with Crippen LogP contribution in [0.5, 0.6) is 0 Å². The van der Waals surface area contributed by atoms with Gasteiger partial charge >= 0.3 is 0 Å². The molecular formula is C18H27N3O2+2. The van der Waals surface area contributed by atoms with Crippen molar-refractivity contribution in [3.63, 3.8) is 0 Å². The van der Waals surface area contributed by atoms with Crippen LogP contribution in [0.15, 0.2) is 29.1 Å². The van der Waals surface area contributed by atoms with Crippen LogP contribution >= 0.6 is 0 Å². The molecule has 1 aliphatic rings. The van der Waals surface area contributed by atoms with Gasteiger partial charge in [0.25, 0.3) is 5.56 Å². The third kappa shape index (κ3) is 4.41. The first-order valence-electron chi connectivity index (χ1n) is 8.58. The van der Waals surface area contributed by atoms with Gasteiger partial charge in [-0.3, -0.25) is 4.79 Å². The molecule has 0 aliphatic carbocycles. The number of aryl methyl sites for hydroxylation is 1. The number of aromatic nitrogens is 1. The lowest BCUT2D eigenvalue weighted by molar-refractivity contribution is -0.909. The van der Waals surface area contributed by atoms with Crippen LogP contribution in [0.25, 0.3) is 10.9 Å². The highest BCUT2D eigenvalue weighted by Gasteiger charge is 2.13. The molecule has 1 aliphatic heterocycles. The Morgan fingerprint density at radius 1 is 1.26 bits per heavy atom. The number of aromatic amines is 1. The van der Waals surface area contributed by atoms with Crippen LogP contribution in [-0.2, 0) is 11.3 Å². The van der Waals surface area contributed by atoms with Crippen LogP contribution in [-0.4, -0.2) is 44.4 Å². The van der Waals surface area contributed by atoms with Crippen molar-refractivity contribution in [2.75, 3.05) is 39.4 Å². The first kappa shape index (κ1) is 16.2. The summed E-state index contributed by atoms with van der Waals surface area (Å²) in [5.41, 5.74) is 2.99. The van der Waals surface area contributed by atoms with Gasteiger partial charge in [-0.15, -0.1) is 0 Å². The van der Waals surface area contributed by atoms with Crippen molar-refractivity contribution < 1.29 is 15.0 Å². The number of fused-ring (bicyclic) bond motifs is 1. The van der Waals surface area contributed by atoms with Gasteiger partial charge in [0.2, 0.25) is 0 Å². The second-order valence-electron chi connectivity index (χ2n) is 6.46. The van der Waals surface area contributed by atoms with Crippen LogP contribution in [0.1, 0.15) is 17.5 Å². The van der Waals surface area contributed by atoms with Crippen LogP contribution in [0.2, 0.25) is 0 Å². The van der Waals surface area contributed by atoms with Crippen molar-refractivity contribution in [3.8, 4) is 0 Å². The predicted molar refractivity (Wildman–Crippen MR) is 90.8 cm³/mol. The Hall–Kier alpha value is -1.69. The number of pyridine rings is 1. The topological polar surface area (TPSA) is 63.1 Å². The van der Waals surface area contributed by atoms with E-state index in [-0.39, 0.29) is 5.56 Å². The maximum absolute atomic E-state index is 12.2. The molecule has 1 aromatic carbocycles. The van der Waals surface area contributed by atoms with Crippen LogP contribution in [0.4, 0.5) is 0 Å². The summed E-state index contributed by atoms with van der Waals surface area (Å²) in [6.45, 7) is 9.10. The second kappa shape index (κ2) is 7.73. The van der Waals surface area contributed by atoms with E-state index >= 15 is 0 Å². The largest absolute Gasteiger partial charge is 0.370 e. The lowest BCUT2D eigenvalue weighted by Gasteiger charge is -2.23. The van der Waals surface area contributed by atoms with Crippen LogP contribution in [0.3, 0.4) is 0 Å². The number of hydrogen-bond acceptors (Lipinski definition) is 2. The fourth-order valence-corrected chi connectivity index (χ4v) is 3.18. The van der Waals surface area contributed by atoms with E-state index in [4.69, 9.17) is 4.74 Å². The standard InChI is InChI=1S/C18H25N3O2/c1-14-3-4-15-12-16(18(22)20-17(15)11-14)13-19-5-2-6-21-7-9-23-10-8-21/h3-4,11-12,19H,2,5-10,13H2,1H3,(H,20,22)/p+2. The molecule has 0 spiro atoms. The highest BCUT2D eigenvalue weighted by atomic mass is 16.5. The second-order valence-corrected chi connectivity index (χ2v) is 6.46. The first-order valence-corrected chi connectivity index (χ1v) is 8.58.